The van der Waals surface area contributed by atoms with Crippen molar-refractivity contribution >= 4 is 11.4 Å². The Morgan fingerprint density at radius 3 is 2.27 bits per heavy atom. The van der Waals surface area contributed by atoms with E-state index in [0.29, 0.717) is 5.92 Å². The van der Waals surface area contributed by atoms with Gasteiger partial charge in [-0.15, -0.1) is 0 Å². The Balaban J connectivity index is 2.15. The molecule has 2 aromatic rings. The van der Waals surface area contributed by atoms with Crippen LogP contribution in [-0.4, -0.2) is 0 Å². The third-order valence-electron chi connectivity index (χ3n) is 4.28. The van der Waals surface area contributed by atoms with Crippen LogP contribution < -0.4 is 11.5 Å². The molecule has 0 saturated heterocycles. The predicted octanol–water partition coefficient (Wildman–Crippen LogP) is 5.34. The maximum absolute atomic E-state index is 6.23. The average molecular weight is 296 g/mol. The molecule has 0 aromatic heterocycles. The first-order valence-corrected chi connectivity index (χ1v) is 8.42. The molecule has 0 aliphatic heterocycles. The van der Waals surface area contributed by atoms with Crippen molar-refractivity contribution in [1.82, 2.24) is 0 Å². The Hall–Kier alpha value is -1.96. The van der Waals surface area contributed by atoms with Crippen LogP contribution in [0.1, 0.15) is 62.5 Å². The molecule has 0 bridgehead atoms. The first kappa shape index (κ1) is 16.4. The van der Waals surface area contributed by atoms with E-state index in [9.17, 15) is 0 Å². The van der Waals surface area contributed by atoms with Crippen LogP contribution in [0.3, 0.4) is 0 Å². The number of anilines is 2. The molecule has 0 spiro atoms. The summed E-state index contributed by atoms with van der Waals surface area (Å²) in [5.41, 5.74) is 16.2. The van der Waals surface area contributed by atoms with Gasteiger partial charge in [0.05, 0.1) is 0 Å². The van der Waals surface area contributed by atoms with E-state index in [1.54, 1.807) is 0 Å². The lowest BCUT2D eigenvalue weighted by Gasteiger charge is -2.20. The quantitative estimate of drug-likeness (QED) is 0.510. The molecule has 22 heavy (non-hydrogen) atoms. The summed E-state index contributed by atoms with van der Waals surface area (Å²) in [6.45, 7) is 2.25. The van der Waals surface area contributed by atoms with Crippen molar-refractivity contribution in [3.05, 3.63) is 59.7 Å². The number of hydrogen-bond acceptors (Lipinski definition) is 2. The SMILES string of the molecule is CCCCCCCC(c1ccccc1)c1ccc(N)cc1N. The van der Waals surface area contributed by atoms with Gasteiger partial charge in [0.2, 0.25) is 0 Å². The van der Waals surface area contributed by atoms with Crippen LogP contribution in [0.4, 0.5) is 11.4 Å². The molecule has 2 aromatic carbocycles. The molecule has 0 heterocycles. The standard InChI is InChI=1S/C20H28N2/c1-2-3-4-5-9-12-18(16-10-7-6-8-11-16)19-14-13-17(21)15-20(19)22/h6-8,10-11,13-15,18H,2-5,9,12,21-22H2,1H3. The van der Waals surface area contributed by atoms with Crippen LogP contribution in [0.15, 0.2) is 48.5 Å². The highest BCUT2D eigenvalue weighted by Gasteiger charge is 2.16. The molecule has 1 atom stereocenters. The van der Waals surface area contributed by atoms with Crippen LogP contribution in [-0.2, 0) is 0 Å². The second kappa shape index (κ2) is 8.47. The van der Waals surface area contributed by atoms with Gasteiger partial charge in [-0.3, -0.25) is 0 Å². The van der Waals surface area contributed by atoms with Crippen LogP contribution in [0.5, 0.6) is 0 Å². The van der Waals surface area contributed by atoms with Crippen molar-refractivity contribution in [2.45, 2.75) is 51.4 Å². The number of rotatable bonds is 8. The van der Waals surface area contributed by atoms with Crippen LogP contribution >= 0.6 is 0 Å². The largest absolute Gasteiger partial charge is 0.399 e. The fourth-order valence-corrected chi connectivity index (χ4v) is 3.05. The average Bonchev–Trinajstić information content (AvgIpc) is 2.53. The Bertz CT molecular complexity index is 563. The minimum atomic E-state index is 0.364. The van der Waals surface area contributed by atoms with E-state index in [2.05, 4.69) is 43.3 Å². The van der Waals surface area contributed by atoms with Crippen LogP contribution in [0.2, 0.25) is 0 Å². The lowest BCUT2D eigenvalue weighted by atomic mass is 9.85. The van der Waals surface area contributed by atoms with E-state index in [1.807, 2.05) is 12.1 Å². The Morgan fingerprint density at radius 1 is 0.864 bits per heavy atom. The Kier molecular flexibility index (Phi) is 6.32. The number of benzene rings is 2. The molecule has 2 heteroatoms. The van der Waals surface area contributed by atoms with Gasteiger partial charge in [0.25, 0.3) is 0 Å². The summed E-state index contributed by atoms with van der Waals surface area (Å²) >= 11 is 0. The molecular weight excluding hydrogens is 268 g/mol. The lowest BCUT2D eigenvalue weighted by molar-refractivity contribution is 0.581. The van der Waals surface area contributed by atoms with Gasteiger partial charge in [0.1, 0.15) is 0 Å². The van der Waals surface area contributed by atoms with Gasteiger partial charge in [-0.25, -0.2) is 0 Å². The van der Waals surface area contributed by atoms with E-state index in [1.165, 1.54) is 43.2 Å². The molecular formula is C20H28N2. The van der Waals surface area contributed by atoms with Crippen molar-refractivity contribution in [2.24, 2.45) is 0 Å². The van der Waals surface area contributed by atoms with Gasteiger partial charge in [0.15, 0.2) is 0 Å². The smallest absolute Gasteiger partial charge is 0.0373 e. The zero-order chi connectivity index (χ0) is 15.8. The summed E-state index contributed by atoms with van der Waals surface area (Å²) in [5.74, 6) is 0.364. The zero-order valence-electron chi connectivity index (χ0n) is 13.6. The molecule has 1 unspecified atom stereocenters. The second-order valence-corrected chi connectivity index (χ2v) is 6.05. The Labute approximate surface area is 134 Å². The first-order valence-electron chi connectivity index (χ1n) is 8.42. The van der Waals surface area contributed by atoms with Crippen LogP contribution in [0, 0.1) is 0 Å². The van der Waals surface area contributed by atoms with Gasteiger partial charge in [-0.05, 0) is 29.7 Å². The highest BCUT2D eigenvalue weighted by Crippen LogP contribution is 2.34. The molecule has 2 nitrogen and oxygen atoms in total. The molecule has 2 rings (SSSR count). The molecule has 0 amide bonds. The van der Waals surface area contributed by atoms with Crippen LogP contribution in [0.25, 0.3) is 0 Å². The maximum Gasteiger partial charge on any atom is 0.0373 e. The fourth-order valence-electron chi connectivity index (χ4n) is 3.05. The molecule has 0 radical (unpaired) electrons. The summed E-state index contributed by atoms with van der Waals surface area (Å²) < 4.78 is 0. The number of nitrogens with two attached hydrogens (primary N) is 2. The van der Waals surface area contributed by atoms with Gasteiger partial charge in [0, 0.05) is 17.3 Å². The summed E-state index contributed by atoms with van der Waals surface area (Å²) in [4.78, 5) is 0. The van der Waals surface area contributed by atoms with Crippen molar-refractivity contribution in [3.8, 4) is 0 Å². The van der Waals surface area contributed by atoms with Gasteiger partial charge >= 0.3 is 0 Å². The molecule has 118 valence electrons. The summed E-state index contributed by atoms with van der Waals surface area (Å²) in [7, 11) is 0. The van der Waals surface area contributed by atoms with Gasteiger partial charge in [-0.2, -0.15) is 0 Å². The third kappa shape index (κ3) is 4.52. The molecule has 0 fully saturated rings. The highest BCUT2D eigenvalue weighted by atomic mass is 14.6. The predicted molar refractivity (Wildman–Crippen MR) is 96.9 cm³/mol. The van der Waals surface area contributed by atoms with Crippen molar-refractivity contribution in [2.75, 3.05) is 11.5 Å². The first-order chi connectivity index (χ1) is 10.7. The van der Waals surface area contributed by atoms with E-state index in [4.69, 9.17) is 11.5 Å². The van der Waals surface area contributed by atoms with Crippen molar-refractivity contribution in [1.29, 1.82) is 0 Å². The number of hydrogen-bond donors (Lipinski definition) is 2. The van der Waals surface area contributed by atoms with Gasteiger partial charge in [-0.1, -0.05) is 75.4 Å². The molecule has 0 aliphatic rings. The normalized spacial score (nSPS) is 12.2. The Morgan fingerprint density at radius 2 is 1.59 bits per heavy atom. The molecule has 0 aliphatic carbocycles. The lowest BCUT2D eigenvalue weighted by Crippen LogP contribution is -2.06. The van der Waals surface area contributed by atoms with E-state index >= 15 is 0 Å². The zero-order valence-corrected chi connectivity index (χ0v) is 13.6. The topological polar surface area (TPSA) is 52.0 Å². The van der Waals surface area contributed by atoms with E-state index in [0.717, 1.165) is 17.8 Å². The van der Waals surface area contributed by atoms with E-state index < -0.39 is 0 Å². The van der Waals surface area contributed by atoms with Gasteiger partial charge < -0.3 is 11.5 Å². The van der Waals surface area contributed by atoms with E-state index in [-0.39, 0.29) is 0 Å². The second-order valence-electron chi connectivity index (χ2n) is 6.05. The number of unbranched alkanes of at least 4 members (excludes halogenated alkanes) is 4. The number of nitrogen functional groups attached to an aromatic ring is 2. The summed E-state index contributed by atoms with van der Waals surface area (Å²) in [6, 6.07) is 16.6. The monoisotopic (exact) mass is 296 g/mol. The minimum absolute atomic E-state index is 0.364. The third-order valence-corrected chi connectivity index (χ3v) is 4.28. The van der Waals surface area contributed by atoms with Crippen molar-refractivity contribution < 1.29 is 0 Å². The minimum Gasteiger partial charge on any atom is -0.399 e. The molecule has 4 N–H and O–H groups in total. The maximum atomic E-state index is 6.23. The summed E-state index contributed by atoms with van der Waals surface area (Å²) in [5, 5.41) is 0. The fraction of sp³-hybridized carbons (Fsp3) is 0.400. The summed E-state index contributed by atoms with van der Waals surface area (Å²) in [6.07, 6.45) is 7.62. The molecule has 0 saturated carbocycles. The highest BCUT2D eigenvalue weighted by molar-refractivity contribution is 5.59. The van der Waals surface area contributed by atoms with Crippen molar-refractivity contribution in [3.63, 3.8) is 0 Å².